The molecule has 8 heteroatoms. The Hall–Kier alpha value is -2.58. The quantitative estimate of drug-likeness (QED) is 0.762. The van der Waals surface area contributed by atoms with Crippen molar-refractivity contribution in [2.45, 2.75) is 11.4 Å². The predicted molar refractivity (Wildman–Crippen MR) is 79.6 cm³/mol. The summed E-state index contributed by atoms with van der Waals surface area (Å²) in [7, 11) is -3.55. The molecule has 1 aromatic carbocycles. The second kappa shape index (κ2) is 6.04. The van der Waals surface area contributed by atoms with Crippen LogP contribution in [-0.4, -0.2) is 28.4 Å². The Balaban J connectivity index is 1.72. The molecule has 2 aromatic heterocycles. The second-order valence-corrected chi connectivity index (χ2v) is 6.26. The molecule has 3 aromatic rings. The highest BCUT2D eigenvalue weighted by molar-refractivity contribution is 7.89. The van der Waals surface area contributed by atoms with Gasteiger partial charge in [-0.2, -0.15) is 0 Å². The van der Waals surface area contributed by atoms with Crippen LogP contribution in [0, 0.1) is 0 Å². The molecule has 7 nitrogen and oxygen atoms in total. The smallest absolute Gasteiger partial charge is 0.240 e. The van der Waals surface area contributed by atoms with E-state index in [1.54, 1.807) is 53.6 Å². The van der Waals surface area contributed by atoms with Crippen molar-refractivity contribution in [3.05, 3.63) is 66.7 Å². The Morgan fingerprint density at radius 1 is 1.05 bits per heavy atom. The first-order valence-corrected chi connectivity index (χ1v) is 8.00. The lowest BCUT2D eigenvalue weighted by molar-refractivity contribution is 0.580. The molecule has 1 N–H and O–H groups in total. The fourth-order valence-electron chi connectivity index (χ4n) is 1.85. The number of hydrogen-bond donors (Lipinski definition) is 1. The fraction of sp³-hybridized carbons (Fsp3) is 0.0714. The van der Waals surface area contributed by atoms with Crippen molar-refractivity contribution in [2.75, 3.05) is 0 Å². The molecule has 112 valence electrons. The Morgan fingerprint density at radius 3 is 2.50 bits per heavy atom. The van der Waals surface area contributed by atoms with Gasteiger partial charge in [-0.05, 0) is 24.3 Å². The maximum absolute atomic E-state index is 12.1. The summed E-state index contributed by atoms with van der Waals surface area (Å²) >= 11 is 0. The summed E-state index contributed by atoms with van der Waals surface area (Å²) in [5.74, 6) is 0. The largest absolute Gasteiger partial charge is 0.265 e. The Kier molecular flexibility index (Phi) is 3.94. The molecule has 0 aliphatic heterocycles. The summed E-state index contributed by atoms with van der Waals surface area (Å²) in [6.45, 7) is 0.0717. The third kappa shape index (κ3) is 3.18. The first-order chi connectivity index (χ1) is 10.6. The topological polar surface area (TPSA) is 89.8 Å². The van der Waals surface area contributed by atoms with E-state index in [9.17, 15) is 8.42 Å². The summed E-state index contributed by atoms with van der Waals surface area (Å²) in [4.78, 5) is 4.15. The Morgan fingerprint density at radius 2 is 1.77 bits per heavy atom. The minimum absolute atomic E-state index is 0.0717. The van der Waals surface area contributed by atoms with Crippen LogP contribution in [-0.2, 0) is 16.6 Å². The van der Waals surface area contributed by atoms with Crippen LogP contribution in [0.25, 0.3) is 5.69 Å². The molecular weight excluding hydrogens is 302 g/mol. The molecule has 0 radical (unpaired) electrons. The van der Waals surface area contributed by atoms with Crippen LogP contribution < -0.4 is 4.72 Å². The molecule has 3 rings (SSSR count). The van der Waals surface area contributed by atoms with Gasteiger partial charge in [-0.3, -0.25) is 4.98 Å². The normalized spacial score (nSPS) is 11.5. The SMILES string of the molecule is O=S(=O)(NCc1cn(-c2ccncc2)nn1)c1ccccc1. The van der Waals surface area contributed by atoms with Gasteiger partial charge in [0.25, 0.3) is 0 Å². The standard InChI is InChI=1S/C14H13N5O2S/c20-22(21,14-4-2-1-3-5-14)16-10-12-11-19(18-17-12)13-6-8-15-9-7-13/h1-9,11,16H,10H2. The number of nitrogens with zero attached hydrogens (tertiary/aromatic N) is 4. The van der Waals surface area contributed by atoms with Gasteiger partial charge in [0.15, 0.2) is 0 Å². The summed E-state index contributed by atoms with van der Waals surface area (Å²) in [6.07, 6.45) is 4.96. The van der Waals surface area contributed by atoms with E-state index in [4.69, 9.17) is 0 Å². The van der Waals surface area contributed by atoms with E-state index in [2.05, 4.69) is 20.0 Å². The summed E-state index contributed by atoms with van der Waals surface area (Å²) in [5, 5.41) is 7.92. The van der Waals surface area contributed by atoms with Crippen LogP contribution in [0.15, 0.2) is 66.0 Å². The van der Waals surface area contributed by atoms with E-state index >= 15 is 0 Å². The van der Waals surface area contributed by atoms with Crippen molar-refractivity contribution in [2.24, 2.45) is 0 Å². The first-order valence-electron chi connectivity index (χ1n) is 6.51. The molecule has 0 bridgehead atoms. The van der Waals surface area contributed by atoms with E-state index in [1.807, 2.05) is 0 Å². The van der Waals surface area contributed by atoms with Crippen molar-refractivity contribution in [1.29, 1.82) is 0 Å². The van der Waals surface area contributed by atoms with Crippen LogP contribution in [0.5, 0.6) is 0 Å². The van der Waals surface area contributed by atoms with Crippen molar-refractivity contribution in [3.63, 3.8) is 0 Å². The number of benzene rings is 1. The minimum Gasteiger partial charge on any atom is -0.265 e. The Labute approximate surface area is 127 Å². The van der Waals surface area contributed by atoms with Gasteiger partial charge in [-0.25, -0.2) is 17.8 Å². The third-order valence-electron chi connectivity index (χ3n) is 2.96. The van der Waals surface area contributed by atoms with Gasteiger partial charge in [-0.15, -0.1) is 5.10 Å². The van der Waals surface area contributed by atoms with Crippen LogP contribution in [0.3, 0.4) is 0 Å². The number of rotatable bonds is 5. The van der Waals surface area contributed by atoms with E-state index in [0.717, 1.165) is 5.69 Å². The molecule has 0 aliphatic carbocycles. The van der Waals surface area contributed by atoms with Gasteiger partial charge < -0.3 is 0 Å². The highest BCUT2D eigenvalue weighted by Crippen LogP contribution is 2.09. The zero-order valence-electron chi connectivity index (χ0n) is 11.5. The molecule has 2 heterocycles. The zero-order valence-corrected chi connectivity index (χ0v) is 12.3. The molecular formula is C14H13N5O2S. The van der Waals surface area contributed by atoms with Crippen molar-refractivity contribution >= 4 is 10.0 Å². The first kappa shape index (κ1) is 14.4. The summed E-state index contributed by atoms with van der Waals surface area (Å²) in [6, 6.07) is 11.8. The number of sulfonamides is 1. The highest BCUT2D eigenvalue weighted by Gasteiger charge is 2.14. The monoisotopic (exact) mass is 315 g/mol. The predicted octanol–water partition coefficient (Wildman–Crippen LogP) is 1.14. The Bertz CT molecular complexity index is 847. The average Bonchev–Trinajstić information content (AvgIpc) is 3.04. The molecule has 0 amide bonds. The van der Waals surface area contributed by atoms with Gasteiger partial charge in [-0.1, -0.05) is 23.4 Å². The maximum Gasteiger partial charge on any atom is 0.240 e. The number of pyridine rings is 1. The van der Waals surface area contributed by atoms with Gasteiger partial charge in [0.2, 0.25) is 10.0 Å². The van der Waals surface area contributed by atoms with E-state index in [-0.39, 0.29) is 11.4 Å². The second-order valence-electron chi connectivity index (χ2n) is 4.50. The fourth-order valence-corrected chi connectivity index (χ4v) is 2.87. The molecule has 0 fully saturated rings. The van der Waals surface area contributed by atoms with Gasteiger partial charge in [0.05, 0.1) is 29.0 Å². The van der Waals surface area contributed by atoms with Gasteiger partial charge in [0.1, 0.15) is 0 Å². The number of aromatic nitrogens is 4. The molecule has 0 atom stereocenters. The van der Waals surface area contributed by atoms with Crippen molar-refractivity contribution < 1.29 is 8.42 Å². The maximum atomic E-state index is 12.1. The van der Waals surface area contributed by atoms with Gasteiger partial charge >= 0.3 is 0 Å². The highest BCUT2D eigenvalue weighted by atomic mass is 32.2. The van der Waals surface area contributed by atoms with Gasteiger partial charge in [0, 0.05) is 12.4 Å². The van der Waals surface area contributed by atoms with Crippen molar-refractivity contribution in [3.8, 4) is 5.69 Å². The molecule has 0 spiro atoms. The lowest BCUT2D eigenvalue weighted by Crippen LogP contribution is -2.23. The third-order valence-corrected chi connectivity index (χ3v) is 4.38. The van der Waals surface area contributed by atoms with Crippen LogP contribution in [0.2, 0.25) is 0 Å². The minimum atomic E-state index is -3.55. The summed E-state index contributed by atoms with van der Waals surface area (Å²) in [5.41, 5.74) is 1.33. The molecule has 0 saturated heterocycles. The number of hydrogen-bond acceptors (Lipinski definition) is 5. The van der Waals surface area contributed by atoms with E-state index in [1.165, 1.54) is 12.1 Å². The molecule has 22 heavy (non-hydrogen) atoms. The van der Waals surface area contributed by atoms with Crippen LogP contribution in [0.1, 0.15) is 5.69 Å². The zero-order chi connectivity index (χ0) is 15.4. The lowest BCUT2D eigenvalue weighted by Gasteiger charge is -2.04. The number of nitrogens with one attached hydrogen (secondary N) is 1. The average molecular weight is 315 g/mol. The summed E-state index contributed by atoms with van der Waals surface area (Å²) < 4.78 is 28.3. The molecule has 0 unspecified atom stereocenters. The lowest BCUT2D eigenvalue weighted by atomic mass is 10.4. The molecule has 0 saturated carbocycles. The van der Waals surface area contributed by atoms with E-state index in [0.29, 0.717) is 5.69 Å². The van der Waals surface area contributed by atoms with Crippen LogP contribution >= 0.6 is 0 Å². The van der Waals surface area contributed by atoms with Crippen LogP contribution in [0.4, 0.5) is 0 Å². The molecule has 0 aliphatic rings. The van der Waals surface area contributed by atoms with E-state index < -0.39 is 10.0 Å². The van der Waals surface area contributed by atoms with Crippen molar-refractivity contribution in [1.82, 2.24) is 24.7 Å².